The van der Waals surface area contributed by atoms with Crippen LogP contribution in [0.2, 0.25) is 0 Å². The predicted octanol–water partition coefficient (Wildman–Crippen LogP) is -0.0649. The minimum absolute atomic E-state index is 0.432. The van der Waals surface area contributed by atoms with Gasteiger partial charge >= 0.3 is 17.9 Å². The van der Waals surface area contributed by atoms with Crippen molar-refractivity contribution in [3.63, 3.8) is 0 Å². The van der Waals surface area contributed by atoms with Crippen molar-refractivity contribution in [3.05, 3.63) is 0 Å². The van der Waals surface area contributed by atoms with Gasteiger partial charge in [0.15, 0.2) is 18.3 Å². The lowest BCUT2D eigenvalue weighted by Crippen LogP contribution is -2.55. The SMILES string of the molecule is CC(=O)O[C@@H]1[C@@H](I)[C@@H]2OC(=O)[C@@H](O2)[C@H]1OC(C)=O. The molecule has 0 saturated carbocycles. The van der Waals surface area contributed by atoms with Crippen molar-refractivity contribution in [2.45, 2.75) is 42.4 Å². The molecular formula is C10H11IO7. The lowest BCUT2D eigenvalue weighted by molar-refractivity contribution is -0.198. The fourth-order valence-electron chi connectivity index (χ4n) is 1.91. The molecule has 2 fully saturated rings. The van der Waals surface area contributed by atoms with Crippen molar-refractivity contribution in [1.82, 2.24) is 0 Å². The number of fused-ring (bicyclic) bond motifs is 2. The maximum absolute atomic E-state index is 11.5. The molecule has 2 rings (SSSR count). The molecule has 0 amide bonds. The van der Waals surface area contributed by atoms with Crippen molar-refractivity contribution in [3.8, 4) is 0 Å². The van der Waals surface area contributed by atoms with Crippen molar-refractivity contribution in [2.75, 3.05) is 0 Å². The van der Waals surface area contributed by atoms with E-state index < -0.39 is 46.4 Å². The second-order valence-corrected chi connectivity index (χ2v) is 5.39. The van der Waals surface area contributed by atoms with Crippen LogP contribution in [0.4, 0.5) is 0 Å². The molecule has 8 heteroatoms. The summed E-state index contributed by atoms with van der Waals surface area (Å²) in [5, 5.41) is 0. The fourth-order valence-corrected chi connectivity index (χ4v) is 2.79. The molecule has 5 atom stereocenters. The first kappa shape index (κ1) is 13.5. The largest absolute Gasteiger partial charge is 0.457 e. The summed E-state index contributed by atoms with van der Waals surface area (Å²) in [5.41, 5.74) is 0. The highest BCUT2D eigenvalue weighted by atomic mass is 127. The third kappa shape index (κ3) is 2.44. The zero-order valence-corrected chi connectivity index (χ0v) is 11.8. The Morgan fingerprint density at radius 1 is 1.17 bits per heavy atom. The smallest absolute Gasteiger partial charge is 0.341 e. The first-order valence-electron chi connectivity index (χ1n) is 5.24. The number of hydrogen-bond donors (Lipinski definition) is 0. The molecule has 2 bridgehead atoms. The molecule has 0 N–H and O–H groups in total. The Labute approximate surface area is 116 Å². The van der Waals surface area contributed by atoms with Crippen molar-refractivity contribution < 1.29 is 33.3 Å². The molecule has 0 spiro atoms. The molecule has 2 aliphatic rings. The molecule has 0 radical (unpaired) electrons. The number of rotatable bonds is 2. The second kappa shape index (κ2) is 5.00. The third-order valence-corrected chi connectivity index (χ3v) is 3.84. The molecule has 2 heterocycles. The average Bonchev–Trinajstić information content (AvgIpc) is 2.59. The van der Waals surface area contributed by atoms with E-state index in [4.69, 9.17) is 18.9 Å². The van der Waals surface area contributed by atoms with Crippen LogP contribution in [-0.4, -0.2) is 46.4 Å². The van der Waals surface area contributed by atoms with Gasteiger partial charge in [-0.1, -0.05) is 22.6 Å². The van der Waals surface area contributed by atoms with E-state index in [9.17, 15) is 14.4 Å². The van der Waals surface area contributed by atoms with Crippen LogP contribution < -0.4 is 0 Å². The molecule has 0 unspecified atom stereocenters. The lowest BCUT2D eigenvalue weighted by atomic mass is 10.0. The van der Waals surface area contributed by atoms with Gasteiger partial charge in [-0.05, 0) is 0 Å². The van der Waals surface area contributed by atoms with Crippen LogP contribution in [0.3, 0.4) is 0 Å². The summed E-state index contributed by atoms with van der Waals surface area (Å²) in [4.78, 5) is 33.7. The summed E-state index contributed by atoms with van der Waals surface area (Å²) in [6.45, 7) is 2.45. The normalized spacial score (nSPS) is 37.9. The first-order valence-corrected chi connectivity index (χ1v) is 6.49. The topological polar surface area (TPSA) is 88.1 Å². The van der Waals surface area contributed by atoms with Gasteiger partial charge in [0.05, 0.1) is 0 Å². The van der Waals surface area contributed by atoms with Crippen LogP contribution in [-0.2, 0) is 33.3 Å². The molecule has 18 heavy (non-hydrogen) atoms. The van der Waals surface area contributed by atoms with Crippen LogP contribution in [0.1, 0.15) is 13.8 Å². The quantitative estimate of drug-likeness (QED) is 0.291. The van der Waals surface area contributed by atoms with Crippen molar-refractivity contribution in [1.29, 1.82) is 0 Å². The molecular weight excluding hydrogens is 359 g/mol. The number of carbonyl (C=O) groups is 3. The van der Waals surface area contributed by atoms with Crippen molar-refractivity contribution >= 4 is 40.5 Å². The summed E-state index contributed by atoms with van der Waals surface area (Å²) in [5.74, 6) is -1.71. The first-order chi connectivity index (χ1) is 8.40. The Kier molecular flexibility index (Phi) is 3.76. The number of carbonyl (C=O) groups excluding carboxylic acids is 3. The van der Waals surface area contributed by atoms with Gasteiger partial charge in [-0.2, -0.15) is 0 Å². The summed E-state index contributed by atoms with van der Waals surface area (Å²) in [6.07, 6.45) is -3.55. The predicted molar refractivity (Wildman–Crippen MR) is 63.7 cm³/mol. The third-order valence-electron chi connectivity index (χ3n) is 2.55. The minimum Gasteiger partial charge on any atom is -0.457 e. The fraction of sp³-hybridized carbons (Fsp3) is 0.700. The van der Waals surface area contributed by atoms with E-state index in [0.29, 0.717) is 0 Å². The van der Waals surface area contributed by atoms with Crippen LogP contribution in [0, 0.1) is 0 Å². The van der Waals surface area contributed by atoms with Gasteiger partial charge in [0.2, 0.25) is 6.29 Å². The van der Waals surface area contributed by atoms with E-state index in [0.717, 1.165) is 0 Å². The number of esters is 3. The van der Waals surface area contributed by atoms with Gasteiger partial charge in [-0.25, -0.2) is 4.79 Å². The highest BCUT2D eigenvalue weighted by Crippen LogP contribution is 2.36. The van der Waals surface area contributed by atoms with Crippen LogP contribution in [0.25, 0.3) is 0 Å². The molecule has 0 aromatic heterocycles. The lowest BCUT2D eigenvalue weighted by Gasteiger charge is -2.35. The number of alkyl halides is 1. The van der Waals surface area contributed by atoms with Crippen LogP contribution >= 0.6 is 22.6 Å². The molecule has 7 nitrogen and oxygen atoms in total. The molecule has 0 aromatic rings. The van der Waals surface area contributed by atoms with Crippen molar-refractivity contribution in [2.24, 2.45) is 0 Å². The van der Waals surface area contributed by atoms with Gasteiger partial charge in [0.25, 0.3) is 0 Å². The highest BCUT2D eigenvalue weighted by molar-refractivity contribution is 14.1. The van der Waals surface area contributed by atoms with E-state index in [2.05, 4.69) is 0 Å². The molecule has 0 aromatic carbocycles. The molecule has 2 aliphatic heterocycles. The minimum atomic E-state index is -1.03. The summed E-state index contributed by atoms with van der Waals surface area (Å²) in [7, 11) is 0. The summed E-state index contributed by atoms with van der Waals surface area (Å²) >= 11 is 1.94. The van der Waals surface area contributed by atoms with Crippen LogP contribution in [0.5, 0.6) is 0 Å². The Bertz CT molecular complexity index is 396. The summed E-state index contributed by atoms with van der Waals surface area (Å²) < 4.78 is 20.0. The standard InChI is InChI=1S/C10H11IO7/c1-3(12)15-6-5(11)10-17-8(9(14)18-10)7(6)16-4(2)13/h5-8,10H,1-2H3/t5-,6-,7+,8+,10+/m1/s1. The number of ether oxygens (including phenoxy) is 4. The van der Waals surface area contributed by atoms with Gasteiger partial charge in [0.1, 0.15) is 3.92 Å². The van der Waals surface area contributed by atoms with E-state index in [1.165, 1.54) is 13.8 Å². The monoisotopic (exact) mass is 370 g/mol. The van der Waals surface area contributed by atoms with E-state index >= 15 is 0 Å². The summed E-state index contributed by atoms with van der Waals surface area (Å²) in [6, 6.07) is 0. The Balaban J connectivity index is 2.25. The molecule has 0 aliphatic carbocycles. The maximum Gasteiger partial charge on any atom is 0.341 e. The number of hydrogen-bond acceptors (Lipinski definition) is 7. The maximum atomic E-state index is 11.5. The second-order valence-electron chi connectivity index (χ2n) is 3.95. The van der Waals surface area contributed by atoms with E-state index in [1.54, 1.807) is 0 Å². The highest BCUT2D eigenvalue weighted by Gasteiger charge is 2.58. The average molecular weight is 370 g/mol. The Morgan fingerprint density at radius 3 is 2.28 bits per heavy atom. The van der Waals surface area contributed by atoms with Gasteiger partial charge in [-0.15, -0.1) is 0 Å². The van der Waals surface area contributed by atoms with Gasteiger partial charge in [0, 0.05) is 13.8 Å². The van der Waals surface area contributed by atoms with E-state index in [-0.39, 0.29) is 0 Å². The van der Waals surface area contributed by atoms with Gasteiger partial charge < -0.3 is 18.9 Å². The Hall–Kier alpha value is -0.900. The van der Waals surface area contributed by atoms with Crippen LogP contribution in [0.15, 0.2) is 0 Å². The zero-order chi connectivity index (χ0) is 13.4. The van der Waals surface area contributed by atoms with E-state index in [1.807, 2.05) is 22.6 Å². The molecule has 100 valence electrons. The molecule has 2 saturated heterocycles. The Morgan fingerprint density at radius 2 is 1.72 bits per heavy atom. The zero-order valence-electron chi connectivity index (χ0n) is 9.62. The number of halogens is 1. The van der Waals surface area contributed by atoms with Gasteiger partial charge in [-0.3, -0.25) is 9.59 Å².